The monoisotopic (exact) mass is 299 g/mol. The van der Waals surface area contributed by atoms with Gasteiger partial charge in [-0.3, -0.25) is 19.4 Å². The van der Waals surface area contributed by atoms with E-state index in [4.69, 9.17) is 10.2 Å². The van der Waals surface area contributed by atoms with Crippen LogP contribution in [0.1, 0.15) is 29.6 Å². The molecule has 1 heterocycles. The molecule has 0 bridgehead atoms. The van der Waals surface area contributed by atoms with E-state index >= 15 is 0 Å². The number of rotatable bonds is 7. The molecule has 0 aliphatic carbocycles. The maximum absolute atomic E-state index is 11.8. The fourth-order valence-electron chi connectivity index (χ4n) is 1.53. The fourth-order valence-corrected chi connectivity index (χ4v) is 1.53. The van der Waals surface area contributed by atoms with E-state index in [0.717, 1.165) is 6.20 Å². The second-order valence-corrected chi connectivity index (χ2v) is 4.14. The maximum Gasteiger partial charge on any atom is 0.326 e. The van der Waals surface area contributed by atoms with Crippen LogP contribution in [0.15, 0.2) is 15.8 Å². The third-order valence-electron chi connectivity index (χ3n) is 2.55. The lowest BCUT2D eigenvalue weighted by Crippen LogP contribution is -2.43. The molecule has 5 N–H and O–H groups in total. The van der Waals surface area contributed by atoms with Gasteiger partial charge in [-0.15, -0.1) is 0 Å². The smallest absolute Gasteiger partial charge is 0.326 e. The zero-order valence-corrected chi connectivity index (χ0v) is 10.7. The minimum absolute atomic E-state index is 0.0502. The van der Waals surface area contributed by atoms with Crippen molar-refractivity contribution in [2.45, 2.75) is 25.3 Å². The van der Waals surface area contributed by atoms with Crippen LogP contribution in [-0.4, -0.2) is 44.1 Å². The summed E-state index contributed by atoms with van der Waals surface area (Å²) in [7, 11) is 0. The molecule has 1 amide bonds. The average molecular weight is 299 g/mol. The summed E-state index contributed by atoms with van der Waals surface area (Å²) in [4.78, 5) is 59.2. The Kier molecular flexibility index (Phi) is 5.40. The van der Waals surface area contributed by atoms with Crippen molar-refractivity contribution in [3.8, 4) is 0 Å². The molecule has 0 radical (unpaired) electrons. The van der Waals surface area contributed by atoms with Gasteiger partial charge in [0, 0.05) is 12.6 Å². The summed E-state index contributed by atoms with van der Waals surface area (Å²) >= 11 is 0. The molecule has 0 aliphatic heterocycles. The molecular weight excluding hydrogens is 286 g/mol. The normalized spacial score (nSPS) is 11.6. The predicted molar refractivity (Wildman–Crippen MR) is 68.1 cm³/mol. The van der Waals surface area contributed by atoms with E-state index in [9.17, 15) is 24.0 Å². The van der Waals surface area contributed by atoms with Crippen molar-refractivity contribution in [3.05, 3.63) is 32.6 Å². The van der Waals surface area contributed by atoms with Crippen LogP contribution in [-0.2, 0) is 9.59 Å². The number of carbonyl (C=O) groups is 3. The number of nitrogens with one attached hydrogen (secondary N) is 3. The summed E-state index contributed by atoms with van der Waals surface area (Å²) in [6.07, 6.45) is 0.578. The summed E-state index contributed by atoms with van der Waals surface area (Å²) < 4.78 is 0. The molecule has 10 heteroatoms. The molecule has 1 rings (SSSR count). The molecule has 0 spiro atoms. The number of hydrogen-bond acceptors (Lipinski definition) is 5. The van der Waals surface area contributed by atoms with E-state index in [1.807, 2.05) is 4.98 Å². The van der Waals surface area contributed by atoms with Crippen LogP contribution in [0.4, 0.5) is 0 Å². The molecule has 0 saturated heterocycles. The standard InChI is InChI=1S/C11H13N3O7/c15-7(16)3-1-2-6(10(19)20)13-8(17)5-4-12-11(21)14-9(5)18/h4,6H,1-3H2,(H,13,17)(H,15,16)(H,19,20)(H2,12,14,18,21)/t6-/m1/s1. The number of hydrogen-bond donors (Lipinski definition) is 5. The van der Waals surface area contributed by atoms with Crippen LogP contribution < -0.4 is 16.6 Å². The molecule has 1 aromatic heterocycles. The molecule has 0 saturated carbocycles. The van der Waals surface area contributed by atoms with E-state index in [-0.39, 0.29) is 19.3 Å². The van der Waals surface area contributed by atoms with Gasteiger partial charge >= 0.3 is 17.6 Å². The highest BCUT2D eigenvalue weighted by molar-refractivity contribution is 5.95. The first kappa shape index (κ1) is 16.1. The third kappa shape index (κ3) is 4.93. The van der Waals surface area contributed by atoms with E-state index in [2.05, 4.69) is 10.3 Å². The molecule has 1 aromatic rings. The van der Waals surface area contributed by atoms with Gasteiger partial charge in [-0.25, -0.2) is 9.59 Å². The first-order valence-electron chi connectivity index (χ1n) is 5.88. The number of aromatic nitrogens is 2. The van der Waals surface area contributed by atoms with Crippen LogP contribution in [0.5, 0.6) is 0 Å². The topological polar surface area (TPSA) is 169 Å². The largest absolute Gasteiger partial charge is 0.481 e. The molecule has 114 valence electrons. The van der Waals surface area contributed by atoms with E-state index < -0.39 is 40.7 Å². The zero-order valence-electron chi connectivity index (χ0n) is 10.7. The van der Waals surface area contributed by atoms with Gasteiger partial charge in [-0.1, -0.05) is 0 Å². The minimum atomic E-state index is -1.35. The fraction of sp³-hybridized carbons (Fsp3) is 0.364. The number of H-pyrrole nitrogens is 2. The molecule has 0 aromatic carbocycles. The highest BCUT2D eigenvalue weighted by Gasteiger charge is 2.22. The lowest BCUT2D eigenvalue weighted by molar-refractivity contribution is -0.140. The number of aromatic amines is 2. The summed E-state index contributed by atoms with van der Waals surface area (Å²) in [5.41, 5.74) is -2.20. The summed E-state index contributed by atoms with van der Waals surface area (Å²) in [5, 5.41) is 19.5. The Hall–Kier alpha value is -2.91. The quantitative estimate of drug-likeness (QED) is 0.408. The average Bonchev–Trinajstić information content (AvgIpc) is 2.36. The van der Waals surface area contributed by atoms with Gasteiger partial charge in [-0.05, 0) is 12.8 Å². The number of aliphatic carboxylic acids is 2. The molecule has 21 heavy (non-hydrogen) atoms. The lowest BCUT2D eigenvalue weighted by Gasteiger charge is -2.13. The van der Waals surface area contributed by atoms with Crippen molar-refractivity contribution in [1.82, 2.24) is 15.3 Å². The molecule has 0 fully saturated rings. The van der Waals surface area contributed by atoms with Gasteiger partial charge < -0.3 is 20.5 Å². The van der Waals surface area contributed by atoms with Crippen molar-refractivity contribution < 1.29 is 24.6 Å². The maximum atomic E-state index is 11.8. The molecular formula is C11H13N3O7. The second kappa shape index (κ2) is 7.03. The van der Waals surface area contributed by atoms with Crippen molar-refractivity contribution in [3.63, 3.8) is 0 Å². The van der Waals surface area contributed by atoms with Crippen molar-refractivity contribution in [2.24, 2.45) is 0 Å². The van der Waals surface area contributed by atoms with Gasteiger partial charge in [0.25, 0.3) is 11.5 Å². The Morgan fingerprint density at radius 3 is 2.43 bits per heavy atom. The Morgan fingerprint density at radius 1 is 1.24 bits per heavy atom. The SMILES string of the molecule is O=C(O)CCC[C@@H](NC(=O)c1c[nH]c(=O)[nH]c1=O)C(=O)O. The number of carboxylic acid groups (broad SMARTS) is 2. The van der Waals surface area contributed by atoms with Gasteiger partial charge in [0.05, 0.1) is 0 Å². The van der Waals surface area contributed by atoms with Crippen LogP contribution in [0.2, 0.25) is 0 Å². The molecule has 0 unspecified atom stereocenters. The van der Waals surface area contributed by atoms with E-state index in [0.29, 0.717) is 0 Å². The number of carboxylic acids is 2. The third-order valence-corrected chi connectivity index (χ3v) is 2.55. The minimum Gasteiger partial charge on any atom is -0.481 e. The van der Waals surface area contributed by atoms with Gasteiger partial charge in [0.1, 0.15) is 11.6 Å². The first-order chi connectivity index (χ1) is 9.81. The molecule has 10 nitrogen and oxygen atoms in total. The predicted octanol–water partition coefficient (Wildman–Crippen LogP) is -1.50. The highest BCUT2D eigenvalue weighted by Crippen LogP contribution is 2.02. The molecule has 0 aliphatic rings. The Bertz CT molecular complexity index is 660. The van der Waals surface area contributed by atoms with Crippen molar-refractivity contribution in [1.29, 1.82) is 0 Å². The Labute approximate surface area is 116 Å². The van der Waals surface area contributed by atoms with Gasteiger partial charge in [0.15, 0.2) is 0 Å². The first-order valence-corrected chi connectivity index (χ1v) is 5.88. The van der Waals surface area contributed by atoms with E-state index in [1.54, 1.807) is 0 Å². The Morgan fingerprint density at radius 2 is 1.90 bits per heavy atom. The van der Waals surface area contributed by atoms with Crippen LogP contribution in [0, 0.1) is 0 Å². The summed E-state index contributed by atoms with van der Waals surface area (Å²) in [6.45, 7) is 0. The summed E-state index contributed by atoms with van der Waals surface area (Å²) in [6, 6.07) is -1.33. The van der Waals surface area contributed by atoms with Crippen LogP contribution in [0.25, 0.3) is 0 Å². The zero-order chi connectivity index (χ0) is 16.0. The van der Waals surface area contributed by atoms with E-state index in [1.165, 1.54) is 0 Å². The Balaban J connectivity index is 2.76. The number of amides is 1. The van der Waals surface area contributed by atoms with Gasteiger partial charge in [-0.2, -0.15) is 0 Å². The van der Waals surface area contributed by atoms with Crippen molar-refractivity contribution in [2.75, 3.05) is 0 Å². The summed E-state index contributed by atoms with van der Waals surface area (Å²) in [5.74, 6) is -3.41. The van der Waals surface area contributed by atoms with Gasteiger partial charge in [0.2, 0.25) is 0 Å². The van der Waals surface area contributed by atoms with Crippen LogP contribution in [0.3, 0.4) is 0 Å². The number of carbonyl (C=O) groups excluding carboxylic acids is 1. The van der Waals surface area contributed by atoms with Crippen molar-refractivity contribution >= 4 is 17.8 Å². The lowest BCUT2D eigenvalue weighted by atomic mass is 10.1. The van der Waals surface area contributed by atoms with Crippen LogP contribution >= 0.6 is 0 Å². The second-order valence-electron chi connectivity index (χ2n) is 4.14. The molecule has 1 atom stereocenters. The highest BCUT2D eigenvalue weighted by atomic mass is 16.4.